The Hall–Kier alpha value is -1.11. The van der Waals surface area contributed by atoms with Gasteiger partial charge in [-0.2, -0.15) is 0 Å². The highest BCUT2D eigenvalue weighted by molar-refractivity contribution is 5.86. The van der Waals surface area contributed by atoms with Crippen molar-refractivity contribution in [2.24, 2.45) is 11.8 Å². The van der Waals surface area contributed by atoms with Crippen molar-refractivity contribution in [3.63, 3.8) is 0 Å². The van der Waals surface area contributed by atoms with Crippen LogP contribution in [0, 0.1) is 18.8 Å². The van der Waals surface area contributed by atoms with Crippen LogP contribution in [0.25, 0.3) is 0 Å². The second kappa shape index (κ2) is 3.19. The van der Waals surface area contributed by atoms with Gasteiger partial charge in [0.2, 0.25) is 0 Å². The van der Waals surface area contributed by atoms with Crippen LogP contribution in [0.5, 0.6) is 0 Å². The molecule has 0 unspecified atom stereocenters. The predicted molar refractivity (Wildman–Crippen MR) is 59.8 cm³/mol. The largest absolute Gasteiger partial charge is 0.299 e. The quantitative estimate of drug-likeness (QED) is 0.629. The van der Waals surface area contributed by atoms with Crippen molar-refractivity contribution in [2.45, 2.75) is 32.6 Å². The Bertz CT molecular complexity index is 419. The van der Waals surface area contributed by atoms with Gasteiger partial charge in [0.15, 0.2) is 0 Å². The van der Waals surface area contributed by atoms with E-state index >= 15 is 0 Å². The molecule has 78 valence electrons. The van der Waals surface area contributed by atoms with Gasteiger partial charge in [0.25, 0.3) is 0 Å². The van der Waals surface area contributed by atoms with Gasteiger partial charge in [-0.25, -0.2) is 0 Å². The van der Waals surface area contributed by atoms with Crippen LogP contribution >= 0.6 is 0 Å². The first kappa shape index (κ1) is 9.14. The van der Waals surface area contributed by atoms with Gasteiger partial charge in [0.05, 0.1) is 0 Å². The third-order valence-electron chi connectivity index (χ3n) is 3.96. The van der Waals surface area contributed by atoms with Crippen LogP contribution in [0.1, 0.15) is 29.5 Å². The Morgan fingerprint density at radius 2 is 1.73 bits per heavy atom. The zero-order valence-electron chi connectivity index (χ0n) is 9.12. The molecule has 0 spiro atoms. The fourth-order valence-electron chi connectivity index (χ4n) is 3.10. The van der Waals surface area contributed by atoms with Crippen molar-refractivity contribution in [2.75, 3.05) is 0 Å². The lowest BCUT2D eigenvalue weighted by Crippen LogP contribution is -2.13. The Balaban J connectivity index is 2.06. The standard InChI is InChI=1S/C14H16O/c1-9-2-3-10-7-11-4-5-12(14(11)15)8-13(10)6-9/h2-3,6,11-12H,4-5,7-8H2,1H3/t11-,12+/m0/s1. The monoisotopic (exact) mass is 200 g/mol. The van der Waals surface area contributed by atoms with Crippen LogP contribution in [0.4, 0.5) is 0 Å². The Labute approximate surface area is 90.5 Å². The van der Waals surface area contributed by atoms with Crippen LogP contribution in [-0.2, 0) is 17.6 Å². The van der Waals surface area contributed by atoms with Crippen LogP contribution in [0.3, 0.4) is 0 Å². The smallest absolute Gasteiger partial charge is 0.139 e. The summed E-state index contributed by atoms with van der Waals surface area (Å²) in [6.07, 6.45) is 4.23. The van der Waals surface area contributed by atoms with E-state index in [2.05, 4.69) is 25.1 Å². The Morgan fingerprint density at radius 3 is 2.47 bits per heavy atom. The van der Waals surface area contributed by atoms with E-state index in [9.17, 15) is 4.79 Å². The SMILES string of the molecule is Cc1ccc2c(c1)C[C@H]1CC[C@@H](C2)C1=O. The molecule has 0 heterocycles. The lowest BCUT2D eigenvalue weighted by molar-refractivity contribution is -0.123. The second-order valence-corrected chi connectivity index (χ2v) is 5.05. The van der Waals surface area contributed by atoms with Gasteiger partial charge >= 0.3 is 0 Å². The number of ketones is 1. The van der Waals surface area contributed by atoms with E-state index in [0.717, 1.165) is 25.7 Å². The van der Waals surface area contributed by atoms with Gasteiger partial charge in [0.1, 0.15) is 5.78 Å². The fourth-order valence-corrected chi connectivity index (χ4v) is 3.10. The van der Waals surface area contributed by atoms with Crippen LogP contribution in [0.2, 0.25) is 0 Å². The van der Waals surface area contributed by atoms with Crippen LogP contribution < -0.4 is 0 Å². The van der Waals surface area contributed by atoms with Gasteiger partial charge in [-0.15, -0.1) is 0 Å². The molecule has 1 saturated carbocycles. The molecule has 1 aromatic carbocycles. The van der Waals surface area contributed by atoms with Gasteiger partial charge in [0, 0.05) is 11.8 Å². The van der Waals surface area contributed by atoms with Crippen molar-refractivity contribution in [1.82, 2.24) is 0 Å². The van der Waals surface area contributed by atoms with Gasteiger partial charge in [-0.1, -0.05) is 23.8 Å². The van der Waals surface area contributed by atoms with Crippen molar-refractivity contribution in [3.8, 4) is 0 Å². The van der Waals surface area contributed by atoms with Gasteiger partial charge in [-0.05, 0) is 43.7 Å². The Kier molecular flexibility index (Phi) is 1.95. The maximum Gasteiger partial charge on any atom is 0.139 e. The van der Waals surface area contributed by atoms with Gasteiger partial charge in [-0.3, -0.25) is 4.79 Å². The summed E-state index contributed by atoms with van der Waals surface area (Å²) in [5.41, 5.74) is 4.16. The first-order valence-electron chi connectivity index (χ1n) is 5.86. The third-order valence-corrected chi connectivity index (χ3v) is 3.96. The molecule has 15 heavy (non-hydrogen) atoms. The Morgan fingerprint density at radius 1 is 1.07 bits per heavy atom. The molecule has 3 rings (SSSR count). The van der Waals surface area contributed by atoms with Crippen molar-refractivity contribution >= 4 is 5.78 Å². The number of rotatable bonds is 0. The zero-order valence-corrected chi connectivity index (χ0v) is 9.12. The highest BCUT2D eigenvalue weighted by Crippen LogP contribution is 2.37. The predicted octanol–water partition coefficient (Wildman–Crippen LogP) is 2.69. The number of Topliss-reactive ketones (excluding diaryl/α,β-unsaturated/α-hetero) is 1. The minimum atomic E-state index is 0.332. The minimum absolute atomic E-state index is 0.332. The molecule has 1 fully saturated rings. The summed E-state index contributed by atoms with van der Waals surface area (Å²) in [6.45, 7) is 2.13. The molecule has 0 saturated heterocycles. The van der Waals surface area contributed by atoms with E-state index in [1.807, 2.05) is 0 Å². The summed E-state index contributed by atoms with van der Waals surface area (Å²) in [4.78, 5) is 12.0. The van der Waals surface area contributed by atoms with Gasteiger partial charge < -0.3 is 0 Å². The lowest BCUT2D eigenvalue weighted by atomic mass is 9.92. The average molecular weight is 200 g/mol. The average Bonchev–Trinajstić information content (AvgIpc) is 2.44. The van der Waals surface area contributed by atoms with Crippen LogP contribution in [-0.4, -0.2) is 5.78 Å². The summed E-state index contributed by atoms with van der Waals surface area (Å²) in [5, 5.41) is 0. The molecule has 0 radical (unpaired) electrons. The molecule has 1 nitrogen and oxygen atoms in total. The number of aryl methyl sites for hydroxylation is 1. The molecule has 2 bridgehead atoms. The lowest BCUT2D eigenvalue weighted by Gasteiger charge is -2.12. The normalized spacial score (nSPS) is 28.7. The summed E-state index contributed by atoms with van der Waals surface area (Å²) in [7, 11) is 0. The van der Waals surface area contributed by atoms with E-state index in [-0.39, 0.29) is 0 Å². The molecular weight excluding hydrogens is 184 g/mol. The summed E-state index contributed by atoms with van der Waals surface area (Å²) < 4.78 is 0. The first-order valence-corrected chi connectivity index (χ1v) is 5.86. The summed E-state index contributed by atoms with van der Waals surface area (Å²) in [5.74, 6) is 1.20. The van der Waals surface area contributed by atoms with E-state index < -0.39 is 0 Å². The summed E-state index contributed by atoms with van der Waals surface area (Å²) >= 11 is 0. The first-order chi connectivity index (χ1) is 7.24. The molecule has 2 aliphatic carbocycles. The molecule has 1 heteroatoms. The number of benzene rings is 1. The molecule has 0 aliphatic heterocycles. The number of carbonyl (C=O) groups excluding carboxylic acids is 1. The van der Waals surface area contributed by atoms with E-state index in [1.54, 1.807) is 0 Å². The molecule has 0 amide bonds. The maximum absolute atomic E-state index is 12.0. The van der Waals surface area contributed by atoms with Crippen molar-refractivity contribution in [3.05, 3.63) is 34.9 Å². The molecule has 1 aromatic rings. The highest BCUT2D eigenvalue weighted by atomic mass is 16.1. The fraction of sp³-hybridized carbons (Fsp3) is 0.500. The van der Waals surface area contributed by atoms with Crippen molar-refractivity contribution in [1.29, 1.82) is 0 Å². The van der Waals surface area contributed by atoms with E-state index in [0.29, 0.717) is 17.6 Å². The third kappa shape index (κ3) is 1.41. The number of hydrogen-bond acceptors (Lipinski definition) is 1. The molecule has 0 N–H and O–H groups in total. The van der Waals surface area contributed by atoms with E-state index in [4.69, 9.17) is 0 Å². The molecule has 0 aromatic heterocycles. The maximum atomic E-state index is 12.0. The second-order valence-electron chi connectivity index (χ2n) is 5.05. The number of carbonyl (C=O) groups is 1. The van der Waals surface area contributed by atoms with Crippen molar-refractivity contribution < 1.29 is 4.79 Å². The number of hydrogen-bond donors (Lipinski definition) is 0. The topological polar surface area (TPSA) is 17.1 Å². The molecule has 2 atom stereocenters. The minimum Gasteiger partial charge on any atom is -0.299 e. The van der Waals surface area contributed by atoms with Crippen LogP contribution in [0.15, 0.2) is 18.2 Å². The number of fused-ring (bicyclic) bond motifs is 3. The molecule has 2 aliphatic rings. The molecular formula is C14H16O. The summed E-state index contributed by atoms with van der Waals surface area (Å²) in [6, 6.07) is 6.66. The zero-order chi connectivity index (χ0) is 10.4. The highest BCUT2D eigenvalue weighted by Gasteiger charge is 2.37. The van der Waals surface area contributed by atoms with E-state index in [1.165, 1.54) is 16.7 Å².